The molecule has 8 heteroatoms. The standard InChI is InChI=1S/C9H12ClN7/c1-5(8-16-13-4-17(8)2)14-7-6(11)3-12-9(10)15-7/h3-5H,11H2,1-2H3,(H,12,14,15). The lowest BCUT2D eigenvalue weighted by Gasteiger charge is -2.14. The lowest BCUT2D eigenvalue weighted by molar-refractivity contribution is 0.716. The maximum Gasteiger partial charge on any atom is 0.224 e. The molecule has 0 spiro atoms. The van der Waals surface area contributed by atoms with E-state index >= 15 is 0 Å². The summed E-state index contributed by atoms with van der Waals surface area (Å²) in [4.78, 5) is 7.80. The summed E-state index contributed by atoms with van der Waals surface area (Å²) < 4.78 is 1.82. The molecule has 0 aliphatic rings. The van der Waals surface area contributed by atoms with Gasteiger partial charge in [-0.1, -0.05) is 0 Å². The molecule has 0 fully saturated rings. The summed E-state index contributed by atoms with van der Waals surface area (Å²) in [6.07, 6.45) is 3.09. The SMILES string of the molecule is CC(Nc1nc(Cl)ncc1N)c1nncn1C. The zero-order valence-electron chi connectivity index (χ0n) is 9.42. The fourth-order valence-electron chi connectivity index (χ4n) is 1.44. The van der Waals surface area contributed by atoms with Gasteiger partial charge in [-0.2, -0.15) is 4.98 Å². The lowest BCUT2D eigenvalue weighted by Crippen LogP contribution is -2.14. The molecule has 2 aromatic heterocycles. The quantitative estimate of drug-likeness (QED) is 0.793. The Kier molecular flexibility index (Phi) is 3.10. The topological polar surface area (TPSA) is 94.5 Å². The molecular weight excluding hydrogens is 242 g/mol. The molecule has 2 rings (SSSR count). The maximum atomic E-state index is 5.74. The van der Waals surface area contributed by atoms with Crippen LogP contribution in [0.25, 0.3) is 0 Å². The van der Waals surface area contributed by atoms with Gasteiger partial charge >= 0.3 is 0 Å². The number of hydrogen-bond acceptors (Lipinski definition) is 6. The molecule has 3 N–H and O–H groups in total. The van der Waals surface area contributed by atoms with Crippen molar-refractivity contribution in [2.75, 3.05) is 11.1 Å². The molecule has 0 aliphatic carbocycles. The minimum atomic E-state index is -0.0873. The van der Waals surface area contributed by atoms with Crippen molar-refractivity contribution in [1.82, 2.24) is 24.7 Å². The third-order valence-corrected chi connectivity index (χ3v) is 2.46. The zero-order valence-corrected chi connectivity index (χ0v) is 10.2. The number of aromatic nitrogens is 5. The number of halogens is 1. The second kappa shape index (κ2) is 4.54. The lowest BCUT2D eigenvalue weighted by atomic mass is 10.3. The predicted octanol–water partition coefficient (Wildman–Crippen LogP) is 1.01. The van der Waals surface area contributed by atoms with Crippen LogP contribution in [0.15, 0.2) is 12.5 Å². The molecule has 0 bridgehead atoms. The first-order valence-electron chi connectivity index (χ1n) is 4.96. The molecule has 0 saturated heterocycles. The van der Waals surface area contributed by atoms with Crippen molar-refractivity contribution >= 4 is 23.1 Å². The highest BCUT2D eigenvalue weighted by Gasteiger charge is 2.13. The summed E-state index contributed by atoms with van der Waals surface area (Å²) >= 11 is 5.71. The fraction of sp³-hybridized carbons (Fsp3) is 0.333. The number of anilines is 2. The Morgan fingerprint density at radius 1 is 1.53 bits per heavy atom. The number of nitrogens with two attached hydrogens (primary N) is 1. The van der Waals surface area contributed by atoms with Crippen LogP contribution < -0.4 is 11.1 Å². The van der Waals surface area contributed by atoms with Gasteiger partial charge in [0.15, 0.2) is 11.6 Å². The predicted molar refractivity (Wildman–Crippen MR) is 64.5 cm³/mol. The second-order valence-corrected chi connectivity index (χ2v) is 3.95. The van der Waals surface area contributed by atoms with E-state index in [0.29, 0.717) is 11.5 Å². The van der Waals surface area contributed by atoms with Gasteiger partial charge in [0.25, 0.3) is 0 Å². The van der Waals surface area contributed by atoms with Crippen LogP contribution in [-0.4, -0.2) is 24.7 Å². The number of rotatable bonds is 3. The highest BCUT2D eigenvalue weighted by molar-refractivity contribution is 6.28. The van der Waals surface area contributed by atoms with E-state index in [1.165, 1.54) is 6.20 Å². The van der Waals surface area contributed by atoms with Gasteiger partial charge in [0.05, 0.1) is 17.9 Å². The summed E-state index contributed by atoms with van der Waals surface area (Å²) in [6.45, 7) is 1.93. The molecule has 0 saturated carbocycles. The Hall–Kier alpha value is -1.89. The van der Waals surface area contributed by atoms with Crippen molar-refractivity contribution in [2.45, 2.75) is 13.0 Å². The van der Waals surface area contributed by atoms with Gasteiger partial charge in [-0.25, -0.2) is 4.98 Å². The third kappa shape index (κ3) is 2.44. The van der Waals surface area contributed by atoms with E-state index in [-0.39, 0.29) is 11.3 Å². The number of nitrogens with zero attached hydrogens (tertiary/aromatic N) is 5. The summed E-state index contributed by atoms with van der Waals surface area (Å²) in [5.41, 5.74) is 6.17. The molecule has 1 unspecified atom stereocenters. The van der Waals surface area contributed by atoms with E-state index in [1.807, 2.05) is 18.5 Å². The second-order valence-electron chi connectivity index (χ2n) is 3.61. The van der Waals surface area contributed by atoms with E-state index in [0.717, 1.165) is 5.82 Å². The van der Waals surface area contributed by atoms with Crippen LogP contribution in [0.1, 0.15) is 18.8 Å². The third-order valence-electron chi connectivity index (χ3n) is 2.27. The minimum Gasteiger partial charge on any atom is -0.394 e. The largest absolute Gasteiger partial charge is 0.394 e. The Morgan fingerprint density at radius 2 is 2.29 bits per heavy atom. The monoisotopic (exact) mass is 253 g/mol. The van der Waals surface area contributed by atoms with Crippen LogP contribution in [0.3, 0.4) is 0 Å². The number of nitrogens with one attached hydrogen (secondary N) is 1. The fourth-order valence-corrected chi connectivity index (χ4v) is 1.57. The van der Waals surface area contributed by atoms with Crippen LogP contribution in [-0.2, 0) is 7.05 Å². The summed E-state index contributed by atoms with van der Waals surface area (Å²) in [7, 11) is 1.86. The van der Waals surface area contributed by atoms with Gasteiger partial charge in [0.2, 0.25) is 5.28 Å². The Morgan fingerprint density at radius 3 is 2.94 bits per heavy atom. The average Bonchev–Trinajstić information content (AvgIpc) is 2.70. The molecule has 0 amide bonds. The van der Waals surface area contributed by atoms with Crippen LogP contribution in [0, 0.1) is 0 Å². The Labute approximate surface area is 103 Å². The first-order chi connectivity index (χ1) is 8.08. The maximum absolute atomic E-state index is 5.74. The van der Waals surface area contributed by atoms with E-state index in [2.05, 4.69) is 25.5 Å². The van der Waals surface area contributed by atoms with Gasteiger partial charge in [-0.15, -0.1) is 10.2 Å². The van der Waals surface area contributed by atoms with Crippen molar-refractivity contribution in [2.24, 2.45) is 7.05 Å². The van der Waals surface area contributed by atoms with Crippen LogP contribution in [0.4, 0.5) is 11.5 Å². The van der Waals surface area contributed by atoms with Crippen molar-refractivity contribution in [3.8, 4) is 0 Å². The van der Waals surface area contributed by atoms with E-state index in [4.69, 9.17) is 17.3 Å². The molecule has 17 heavy (non-hydrogen) atoms. The Bertz CT molecular complexity index is 524. The smallest absolute Gasteiger partial charge is 0.224 e. The molecule has 2 aromatic rings. The normalized spacial score (nSPS) is 12.4. The molecule has 2 heterocycles. The van der Waals surface area contributed by atoms with Crippen molar-refractivity contribution in [3.05, 3.63) is 23.6 Å². The highest BCUT2D eigenvalue weighted by atomic mass is 35.5. The van der Waals surface area contributed by atoms with Gasteiger partial charge in [-0.05, 0) is 18.5 Å². The molecule has 1 atom stereocenters. The molecule has 7 nitrogen and oxygen atoms in total. The van der Waals surface area contributed by atoms with Gasteiger partial charge in [-0.3, -0.25) is 0 Å². The molecule has 0 aliphatic heterocycles. The van der Waals surface area contributed by atoms with E-state index in [9.17, 15) is 0 Å². The van der Waals surface area contributed by atoms with Gasteiger partial charge in [0, 0.05) is 7.05 Å². The van der Waals surface area contributed by atoms with Crippen LogP contribution in [0.2, 0.25) is 5.28 Å². The molecule has 90 valence electrons. The first-order valence-corrected chi connectivity index (χ1v) is 5.34. The van der Waals surface area contributed by atoms with Crippen molar-refractivity contribution < 1.29 is 0 Å². The Balaban J connectivity index is 2.21. The number of hydrogen-bond donors (Lipinski definition) is 2. The van der Waals surface area contributed by atoms with Crippen molar-refractivity contribution in [3.63, 3.8) is 0 Å². The summed E-state index contributed by atoms with van der Waals surface area (Å²) in [5.74, 6) is 1.26. The van der Waals surface area contributed by atoms with Gasteiger partial charge in [0.1, 0.15) is 6.33 Å². The van der Waals surface area contributed by atoms with E-state index in [1.54, 1.807) is 6.33 Å². The molecule has 0 radical (unpaired) electrons. The van der Waals surface area contributed by atoms with E-state index < -0.39 is 0 Å². The van der Waals surface area contributed by atoms with Crippen molar-refractivity contribution in [1.29, 1.82) is 0 Å². The summed E-state index contributed by atoms with van der Waals surface area (Å²) in [5, 5.41) is 11.1. The minimum absolute atomic E-state index is 0.0873. The zero-order chi connectivity index (χ0) is 12.4. The highest BCUT2D eigenvalue weighted by Crippen LogP contribution is 2.21. The summed E-state index contributed by atoms with van der Waals surface area (Å²) in [6, 6.07) is -0.0873. The van der Waals surface area contributed by atoms with Crippen LogP contribution in [0.5, 0.6) is 0 Å². The number of aryl methyl sites for hydroxylation is 1. The van der Waals surface area contributed by atoms with Crippen LogP contribution >= 0.6 is 11.6 Å². The average molecular weight is 254 g/mol. The molecular formula is C9H12ClN7. The van der Waals surface area contributed by atoms with Gasteiger partial charge < -0.3 is 15.6 Å². The first kappa shape index (κ1) is 11.6. The number of nitrogen functional groups attached to an aromatic ring is 1. The molecule has 0 aromatic carbocycles.